The van der Waals surface area contributed by atoms with Gasteiger partial charge in [-0.3, -0.25) is 9.59 Å². The normalized spacial score (nSPS) is 12.4. The van der Waals surface area contributed by atoms with Crippen molar-refractivity contribution in [3.05, 3.63) is 24.3 Å². The number of rotatable bonds is 26. The molecule has 5 heteroatoms. The molecule has 0 aromatic carbocycles. The minimum absolute atomic E-state index is 0.0935. The predicted molar refractivity (Wildman–Crippen MR) is 150 cm³/mol. The van der Waals surface area contributed by atoms with Gasteiger partial charge in [0.25, 0.3) is 0 Å². The van der Waals surface area contributed by atoms with Crippen molar-refractivity contribution >= 4 is 11.9 Å². The zero-order chi connectivity index (χ0) is 26.5. The number of carbonyl (C=O) groups excluding carboxylic acids is 2. The van der Waals surface area contributed by atoms with Gasteiger partial charge in [0.05, 0.1) is 6.61 Å². The number of hydrogen-bond donors (Lipinski definition) is 1. The zero-order valence-electron chi connectivity index (χ0n) is 23.5. The van der Waals surface area contributed by atoms with Crippen LogP contribution in [0, 0.1) is 0 Å². The smallest absolute Gasteiger partial charge is 0.306 e. The summed E-state index contributed by atoms with van der Waals surface area (Å²) in [6.45, 7) is 4.03. The Kier molecular flexibility index (Phi) is 26.7. The first kappa shape index (κ1) is 34.4. The van der Waals surface area contributed by atoms with Gasteiger partial charge in [0.15, 0.2) is 6.10 Å². The lowest BCUT2D eigenvalue weighted by Gasteiger charge is -2.15. The van der Waals surface area contributed by atoms with E-state index in [-0.39, 0.29) is 31.6 Å². The fourth-order valence-corrected chi connectivity index (χ4v) is 3.96. The van der Waals surface area contributed by atoms with Gasteiger partial charge >= 0.3 is 11.9 Å². The predicted octanol–water partition coefficient (Wildman–Crippen LogP) is 8.39. The van der Waals surface area contributed by atoms with Gasteiger partial charge in [-0.15, -0.1) is 0 Å². The Balaban J connectivity index is 3.70. The van der Waals surface area contributed by atoms with Gasteiger partial charge in [-0.05, 0) is 32.1 Å². The molecule has 1 atom stereocenters. The number of ether oxygens (including phenoxy) is 2. The molecule has 0 rings (SSSR count). The summed E-state index contributed by atoms with van der Waals surface area (Å²) in [6, 6.07) is 0. The molecule has 0 spiro atoms. The van der Waals surface area contributed by atoms with Gasteiger partial charge in [0.1, 0.15) is 6.61 Å². The average Bonchev–Trinajstić information content (AvgIpc) is 2.88. The molecule has 0 radical (unpaired) electrons. The van der Waals surface area contributed by atoms with Crippen LogP contribution in [0.25, 0.3) is 0 Å². The Hall–Kier alpha value is -1.62. The van der Waals surface area contributed by atoms with Gasteiger partial charge in [0, 0.05) is 12.8 Å². The van der Waals surface area contributed by atoms with Crippen LogP contribution in [0.3, 0.4) is 0 Å². The highest BCUT2D eigenvalue weighted by atomic mass is 16.6. The second kappa shape index (κ2) is 28.0. The number of aliphatic hydroxyl groups excluding tert-OH is 1. The quantitative estimate of drug-likeness (QED) is 0.0721. The standard InChI is InChI=1S/C31H56O5/c1-3-5-7-9-11-13-14-15-16-18-19-21-23-25-30(33)35-28-29(27-32)36-31(34)26-24-22-20-17-12-10-8-6-4-2/h15-16,19,21,29,32H,3-14,17-18,20,22-28H2,1-2H3/b16-15+,21-19+. The minimum Gasteiger partial charge on any atom is -0.462 e. The molecule has 1 unspecified atom stereocenters. The molecule has 1 N–H and O–H groups in total. The number of unbranched alkanes of at least 4 members (excludes halogenated alkanes) is 14. The van der Waals surface area contributed by atoms with Crippen LogP contribution in [0.2, 0.25) is 0 Å². The molecule has 0 heterocycles. The molecule has 0 saturated heterocycles. The van der Waals surface area contributed by atoms with Crippen molar-refractivity contribution in [1.82, 2.24) is 0 Å². The number of esters is 2. The first-order valence-electron chi connectivity index (χ1n) is 14.9. The van der Waals surface area contributed by atoms with Gasteiger partial charge in [-0.25, -0.2) is 0 Å². The van der Waals surface area contributed by atoms with Crippen LogP contribution in [0.4, 0.5) is 0 Å². The van der Waals surface area contributed by atoms with E-state index in [1.807, 2.05) is 6.08 Å². The topological polar surface area (TPSA) is 72.8 Å². The van der Waals surface area contributed by atoms with Crippen LogP contribution in [-0.2, 0) is 19.1 Å². The maximum Gasteiger partial charge on any atom is 0.306 e. The van der Waals surface area contributed by atoms with E-state index in [2.05, 4.69) is 32.1 Å². The van der Waals surface area contributed by atoms with Crippen LogP contribution >= 0.6 is 0 Å². The van der Waals surface area contributed by atoms with Crippen molar-refractivity contribution in [3.8, 4) is 0 Å². The number of hydrogen-bond acceptors (Lipinski definition) is 5. The van der Waals surface area contributed by atoms with Crippen molar-refractivity contribution in [3.63, 3.8) is 0 Å². The Morgan fingerprint density at radius 1 is 0.639 bits per heavy atom. The molecule has 0 aromatic rings. The molecule has 5 nitrogen and oxygen atoms in total. The van der Waals surface area contributed by atoms with E-state index in [4.69, 9.17) is 9.47 Å². The molecule has 0 fully saturated rings. The molecule has 0 aliphatic rings. The van der Waals surface area contributed by atoms with Crippen molar-refractivity contribution in [2.24, 2.45) is 0 Å². The molecule has 0 aliphatic carbocycles. The van der Waals surface area contributed by atoms with E-state index >= 15 is 0 Å². The lowest BCUT2D eigenvalue weighted by atomic mass is 10.1. The molecule has 0 saturated carbocycles. The third-order valence-corrected chi connectivity index (χ3v) is 6.26. The summed E-state index contributed by atoms with van der Waals surface area (Å²) >= 11 is 0. The van der Waals surface area contributed by atoms with Crippen LogP contribution in [0.15, 0.2) is 24.3 Å². The van der Waals surface area contributed by atoms with Gasteiger partial charge < -0.3 is 14.6 Å². The SMILES string of the molecule is CCCCCCCC/C=C/C/C=C/CCC(=O)OCC(CO)OC(=O)CCCCCCCCCCC. The van der Waals surface area contributed by atoms with Gasteiger partial charge in [-0.1, -0.05) is 122 Å². The van der Waals surface area contributed by atoms with E-state index < -0.39 is 6.10 Å². The highest BCUT2D eigenvalue weighted by Crippen LogP contribution is 2.11. The summed E-state index contributed by atoms with van der Waals surface area (Å²) in [5.74, 6) is -0.674. The lowest BCUT2D eigenvalue weighted by Crippen LogP contribution is -2.28. The highest BCUT2D eigenvalue weighted by molar-refractivity contribution is 5.70. The van der Waals surface area contributed by atoms with Gasteiger partial charge in [0.2, 0.25) is 0 Å². The molecule has 0 aromatic heterocycles. The third-order valence-electron chi connectivity index (χ3n) is 6.26. The molecule has 0 bridgehead atoms. The van der Waals surface area contributed by atoms with Crippen LogP contribution in [-0.4, -0.2) is 36.4 Å². The summed E-state index contributed by atoms with van der Waals surface area (Å²) in [5.41, 5.74) is 0. The fourth-order valence-electron chi connectivity index (χ4n) is 3.96. The average molecular weight is 509 g/mol. The second-order valence-corrected chi connectivity index (χ2v) is 9.83. The molecule has 0 amide bonds. The lowest BCUT2D eigenvalue weighted by molar-refractivity contribution is -0.161. The Morgan fingerprint density at radius 2 is 1.17 bits per heavy atom. The first-order valence-corrected chi connectivity index (χ1v) is 14.9. The van der Waals surface area contributed by atoms with E-state index in [1.165, 1.54) is 77.0 Å². The highest BCUT2D eigenvalue weighted by Gasteiger charge is 2.15. The van der Waals surface area contributed by atoms with E-state index in [1.54, 1.807) is 0 Å². The number of allylic oxidation sites excluding steroid dienone is 4. The third kappa shape index (κ3) is 25.5. The van der Waals surface area contributed by atoms with E-state index in [0.717, 1.165) is 32.1 Å². The molecule has 36 heavy (non-hydrogen) atoms. The monoisotopic (exact) mass is 508 g/mol. The summed E-state index contributed by atoms with van der Waals surface area (Å²) in [4.78, 5) is 23.9. The first-order chi connectivity index (χ1) is 17.6. The largest absolute Gasteiger partial charge is 0.462 e. The van der Waals surface area contributed by atoms with Crippen molar-refractivity contribution < 1.29 is 24.2 Å². The van der Waals surface area contributed by atoms with E-state index in [0.29, 0.717) is 12.8 Å². The summed E-state index contributed by atoms with van der Waals surface area (Å²) in [6.07, 6.45) is 29.6. The minimum atomic E-state index is -0.785. The number of carbonyl (C=O) groups is 2. The number of aliphatic hydroxyl groups is 1. The van der Waals surface area contributed by atoms with Crippen molar-refractivity contribution in [2.45, 2.75) is 148 Å². The molecule has 210 valence electrons. The Labute approximate surface area is 222 Å². The van der Waals surface area contributed by atoms with E-state index in [9.17, 15) is 14.7 Å². The van der Waals surface area contributed by atoms with Crippen LogP contribution in [0.5, 0.6) is 0 Å². The van der Waals surface area contributed by atoms with Crippen LogP contribution in [0.1, 0.15) is 142 Å². The summed E-state index contributed by atoms with van der Waals surface area (Å²) in [5, 5.41) is 9.43. The fraction of sp³-hybridized carbons (Fsp3) is 0.806. The molecule has 0 aliphatic heterocycles. The summed E-state index contributed by atoms with van der Waals surface area (Å²) in [7, 11) is 0. The molecular weight excluding hydrogens is 452 g/mol. The zero-order valence-corrected chi connectivity index (χ0v) is 23.5. The van der Waals surface area contributed by atoms with Gasteiger partial charge in [-0.2, -0.15) is 0 Å². The Bertz CT molecular complexity index is 555. The summed E-state index contributed by atoms with van der Waals surface area (Å²) < 4.78 is 10.4. The Morgan fingerprint density at radius 3 is 1.75 bits per heavy atom. The maximum absolute atomic E-state index is 12.0. The van der Waals surface area contributed by atoms with Crippen LogP contribution < -0.4 is 0 Å². The molecular formula is C31H56O5. The van der Waals surface area contributed by atoms with Crippen molar-refractivity contribution in [1.29, 1.82) is 0 Å². The van der Waals surface area contributed by atoms with Crippen molar-refractivity contribution in [2.75, 3.05) is 13.2 Å². The second-order valence-electron chi connectivity index (χ2n) is 9.83. The maximum atomic E-state index is 12.0.